The molecule has 0 aliphatic carbocycles. The van der Waals surface area contributed by atoms with E-state index < -0.39 is 0 Å². The summed E-state index contributed by atoms with van der Waals surface area (Å²) in [7, 11) is 0. The van der Waals surface area contributed by atoms with Gasteiger partial charge in [-0.15, -0.1) is 0 Å². The molecule has 1 aromatic carbocycles. The number of hydrogen-bond donors (Lipinski definition) is 1. The summed E-state index contributed by atoms with van der Waals surface area (Å²) in [6.45, 7) is 4.18. The number of hydrogen-bond acceptors (Lipinski definition) is 1. The molecule has 1 aromatic heterocycles. The second kappa shape index (κ2) is 2.05. The molecule has 0 radical (unpaired) electrons. The molecule has 0 unspecified atom stereocenters. The highest BCUT2D eigenvalue weighted by atomic mass is 15.3. The number of H-pyrrole nitrogens is 2. The van der Waals surface area contributed by atoms with Crippen LogP contribution >= 0.6 is 0 Å². The molecule has 0 saturated heterocycles. The highest BCUT2D eigenvalue weighted by Crippen LogP contribution is 2.13. The van der Waals surface area contributed by atoms with E-state index in [0.717, 1.165) is 11.0 Å². The molecule has 3 nitrogen and oxygen atoms in total. The van der Waals surface area contributed by atoms with Crippen LogP contribution in [0.5, 0.6) is 0 Å². The van der Waals surface area contributed by atoms with Crippen molar-refractivity contribution in [3.05, 3.63) is 23.3 Å². The van der Waals surface area contributed by atoms with E-state index in [2.05, 4.69) is 35.3 Å². The average molecular weight is 148 g/mol. The second-order valence-corrected chi connectivity index (χ2v) is 2.75. The SMILES string of the molecule is Cc1ccc2n[nH][nH+]c2c1C. The van der Waals surface area contributed by atoms with Crippen LogP contribution in [0.1, 0.15) is 11.1 Å². The Balaban J connectivity index is 2.93. The highest BCUT2D eigenvalue weighted by molar-refractivity contribution is 5.75. The van der Waals surface area contributed by atoms with Crippen LogP contribution in [0.2, 0.25) is 0 Å². The normalized spacial score (nSPS) is 10.7. The van der Waals surface area contributed by atoms with Gasteiger partial charge in [0.1, 0.15) is 0 Å². The molecule has 1 heterocycles. The van der Waals surface area contributed by atoms with Gasteiger partial charge in [0.15, 0.2) is 0 Å². The highest BCUT2D eigenvalue weighted by Gasteiger charge is 2.08. The fraction of sp³-hybridized carbons (Fsp3) is 0.250. The lowest BCUT2D eigenvalue weighted by molar-refractivity contribution is -0.427. The Morgan fingerprint density at radius 1 is 1.36 bits per heavy atom. The monoisotopic (exact) mass is 148 g/mol. The first-order valence-electron chi connectivity index (χ1n) is 3.61. The Morgan fingerprint density at radius 3 is 3.00 bits per heavy atom. The molecule has 0 atom stereocenters. The number of nitrogens with zero attached hydrogens (tertiary/aromatic N) is 1. The van der Waals surface area contributed by atoms with Gasteiger partial charge < -0.3 is 0 Å². The van der Waals surface area contributed by atoms with Crippen molar-refractivity contribution in [2.75, 3.05) is 0 Å². The summed E-state index contributed by atoms with van der Waals surface area (Å²) in [6.07, 6.45) is 0. The van der Waals surface area contributed by atoms with Crippen molar-refractivity contribution in [3.63, 3.8) is 0 Å². The predicted molar refractivity (Wildman–Crippen MR) is 42.1 cm³/mol. The van der Waals surface area contributed by atoms with Crippen molar-refractivity contribution in [2.45, 2.75) is 13.8 Å². The van der Waals surface area contributed by atoms with E-state index >= 15 is 0 Å². The summed E-state index contributed by atoms with van der Waals surface area (Å²) in [4.78, 5) is 0. The fourth-order valence-electron chi connectivity index (χ4n) is 1.20. The minimum absolute atomic E-state index is 0.994. The molecule has 2 rings (SSSR count). The van der Waals surface area contributed by atoms with E-state index in [9.17, 15) is 0 Å². The summed E-state index contributed by atoms with van der Waals surface area (Å²) in [5.74, 6) is 0. The zero-order valence-corrected chi connectivity index (χ0v) is 6.60. The van der Waals surface area contributed by atoms with Crippen molar-refractivity contribution < 1.29 is 5.10 Å². The van der Waals surface area contributed by atoms with Crippen molar-refractivity contribution in [1.29, 1.82) is 0 Å². The molecule has 0 aliphatic rings. The van der Waals surface area contributed by atoms with E-state index in [0.29, 0.717) is 0 Å². The van der Waals surface area contributed by atoms with Crippen LogP contribution in [-0.2, 0) is 0 Å². The average Bonchev–Trinajstić information content (AvgIpc) is 2.45. The Labute approximate surface area is 64.4 Å². The second-order valence-electron chi connectivity index (χ2n) is 2.75. The van der Waals surface area contributed by atoms with E-state index in [-0.39, 0.29) is 0 Å². The molecule has 0 bridgehead atoms. The molecule has 11 heavy (non-hydrogen) atoms. The van der Waals surface area contributed by atoms with Gasteiger partial charge in [0, 0.05) is 10.7 Å². The molecule has 0 aliphatic heterocycles. The summed E-state index contributed by atoms with van der Waals surface area (Å²) >= 11 is 0. The van der Waals surface area contributed by atoms with Gasteiger partial charge in [-0.3, -0.25) is 0 Å². The molecule has 2 N–H and O–H groups in total. The number of fused-ring (bicyclic) bond motifs is 1. The lowest BCUT2D eigenvalue weighted by atomic mass is 10.1. The van der Waals surface area contributed by atoms with Crippen LogP contribution < -0.4 is 5.10 Å². The minimum atomic E-state index is 0.994. The maximum atomic E-state index is 4.04. The smallest absolute Gasteiger partial charge is 0.168 e. The molecule has 0 saturated carbocycles. The first kappa shape index (κ1) is 6.34. The van der Waals surface area contributed by atoms with Crippen molar-refractivity contribution in [2.24, 2.45) is 0 Å². The molecule has 0 spiro atoms. The van der Waals surface area contributed by atoms with Gasteiger partial charge >= 0.3 is 0 Å². The maximum absolute atomic E-state index is 4.04. The van der Waals surface area contributed by atoms with Gasteiger partial charge in [-0.2, -0.15) is 5.10 Å². The largest absolute Gasteiger partial charge is 0.248 e. The summed E-state index contributed by atoms with van der Waals surface area (Å²) in [6, 6.07) is 4.08. The maximum Gasteiger partial charge on any atom is 0.248 e. The summed E-state index contributed by atoms with van der Waals surface area (Å²) < 4.78 is 0. The number of benzene rings is 1. The lowest BCUT2D eigenvalue weighted by Crippen LogP contribution is -2.03. The topological polar surface area (TPSA) is 42.8 Å². The Morgan fingerprint density at radius 2 is 2.18 bits per heavy atom. The van der Waals surface area contributed by atoms with Gasteiger partial charge in [-0.1, -0.05) is 11.3 Å². The quantitative estimate of drug-likeness (QED) is 0.595. The molecular weight excluding hydrogens is 138 g/mol. The Hall–Kier alpha value is -1.38. The molecule has 0 fully saturated rings. The van der Waals surface area contributed by atoms with Crippen LogP contribution in [0.3, 0.4) is 0 Å². The fourth-order valence-corrected chi connectivity index (χ4v) is 1.20. The molecule has 3 heteroatoms. The van der Waals surface area contributed by atoms with E-state index in [4.69, 9.17) is 0 Å². The van der Waals surface area contributed by atoms with Gasteiger partial charge in [0.05, 0.1) is 0 Å². The lowest BCUT2D eigenvalue weighted by Gasteiger charge is -1.93. The van der Waals surface area contributed by atoms with Crippen LogP contribution in [0.25, 0.3) is 11.0 Å². The number of aryl methyl sites for hydroxylation is 2. The summed E-state index contributed by atoms with van der Waals surface area (Å²) in [5.41, 5.74) is 4.64. The number of aromatic amines is 2. The van der Waals surface area contributed by atoms with Gasteiger partial charge in [-0.05, 0) is 25.5 Å². The standard InChI is InChI=1S/C8H9N3/c1-5-3-4-7-8(6(5)2)10-11-9-7/h3-4H,1-2H3,(H,9,10,11)/p+1. The number of nitrogens with one attached hydrogen (secondary N) is 2. The molecule has 56 valence electrons. The minimum Gasteiger partial charge on any atom is -0.168 e. The third kappa shape index (κ3) is 0.808. The number of rotatable bonds is 0. The van der Waals surface area contributed by atoms with E-state index in [1.165, 1.54) is 11.1 Å². The molecule has 0 amide bonds. The molecule has 2 aromatic rings. The zero-order chi connectivity index (χ0) is 7.84. The van der Waals surface area contributed by atoms with Crippen LogP contribution in [0.4, 0.5) is 0 Å². The first-order chi connectivity index (χ1) is 5.29. The van der Waals surface area contributed by atoms with E-state index in [1.54, 1.807) is 0 Å². The van der Waals surface area contributed by atoms with Gasteiger partial charge in [0.25, 0.3) is 0 Å². The number of aromatic nitrogens is 3. The van der Waals surface area contributed by atoms with Crippen molar-refractivity contribution in [1.82, 2.24) is 10.3 Å². The Bertz CT molecular complexity index is 389. The first-order valence-corrected chi connectivity index (χ1v) is 3.61. The third-order valence-corrected chi connectivity index (χ3v) is 2.07. The molecular formula is C8H10N3+. The van der Waals surface area contributed by atoms with Crippen molar-refractivity contribution in [3.8, 4) is 0 Å². The third-order valence-electron chi connectivity index (χ3n) is 2.07. The predicted octanol–water partition coefficient (Wildman–Crippen LogP) is 0.994. The van der Waals surface area contributed by atoms with E-state index in [1.807, 2.05) is 6.07 Å². The summed E-state index contributed by atoms with van der Waals surface area (Å²) in [5, 5.41) is 9.76. The van der Waals surface area contributed by atoms with Crippen LogP contribution in [-0.4, -0.2) is 10.3 Å². The van der Waals surface area contributed by atoms with Crippen molar-refractivity contribution >= 4 is 11.0 Å². The van der Waals surface area contributed by atoms with Crippen LogP contribution in [0, 0.1) is 13.8 Å². The Kier molecular flexibility index (Phi) is 1.18. The van der Waals surface area contributed by atoms with Crippen LogP contribution in [0.15, 0.2) is 12.1 Å². The zero-order valence-electron chi connectivity index (χ0n) is 6.60. The van der Waals surface area contributed by atoms with Gasteiger partial charge in [-0.25, -0.2) is 0 Å². The van der Waals surface area contributed by atoms with Gasteiger partial charge in [0.2, 0.25) is 11.0 Å².